The van der Waals surface area contributed by atoms with Gasteiger partial charge in [-0.05, 0) is 44.4 Å². The number of nitrogens with one attached hydrogen (secondary N) is 1. The molecule has 1 N–H and O–H groups in total. The molecule has 1 fully saturated rings. The highest BCUT2D eigenvalue weighted by Crippen LogP contribution is 2.33. The number of alkyl halides is 3. The summed E-state index contributed by atoms with van der Waals surface area (Å²) in [6.07, 6.45) is 0.186. The van der Waals surface area contributed by atoms with Gasteiger partial charge in [-0.15, -0.1) is 0 Å². The van der Waals surface area contributed by atoms with Crippen LogP contribution in [0.15, 0.2) is 24.5 Å². The van der Waals surface area contributed by atoms with Gasteiger partial charge in [0.15, 0.2) is 5.69 Å². The number of carbonyl (C=O) groups excluding carboxylic acids is 1. The first-order valence-electron chi connectivity index (χ1n) is 8.90. The highest BCUT2D eigenvalue weighted by atomic mass is 19.4. The molecule has 0 saturated carbocycles. The van der Waals surface area contributed by atoms with Crippen molar-refractivity contribution in [2.75, 3.05) is 18.0 Å². The molecule has 1 amide bonds. The van der Waals surface area contributed by atoms with E-state index in [-0.39, 0.29) is 6.54 Å². The number of amides is 1. The summed E-state index contributed by atoms with van der Waals surface area (Å²) >= 11 is 0. The Balaban J connectivity index is 1.74. The molecule has 0 unspecified atom stereocenters. The van der Waals surface area contributed by atoms with E-state index in [0.29, 0.717) is 0 Å². The van der Waals surface area contributed by atoms with Gasteiger partial charge in [0.2, 0.25) is 0 Å². The number of aromatic nitrogens is 3. The molecule has 3 heterocycles. The second kappa shape index (κ2) is 7.58. The lowest BCUT2D eigenvalue weighted by Crippen LogP contribution is -2.27. The first-order valence-corrected chi connectivity index (χ1v) is 8.90. The molecular weight excluding hydrogens is 359 g/mol. The van der Waals surface area contributed by atoms with E-state index in [1.54, 1.807) is 26.1 Å². The quantitative estimate of drug-likeness (QED) is 0.862. The fraction of sp³-hybridized carbons (Fsp3) is 0.500. The summed E-state index contributed by atoms with van der Waals surface area (Å²) in [5.41, 5.74) is -0.711. The zero-order valence-electron chi connectivity index (χ0n) is 15.3. The second-order valence-electron chi connectivity index (χ2n) is 6.84. The SMILES string of the molecule is CC(C)n1ncc(C(=O)NCc2ccnc(N3CCCC3)c2)c1C(F)(F)F. The fourth-order valence-corrected chi connectivity index (χ4v) is 3.17. The number of nitrogens with zero attached hydrogens (tertiary/aromatic N) is 4. The Labute approximate surface area is 155 Å². The standard InChI is InChI=1S/C18H22F3N5O/c1-12(2)26-16(18(19,20)21)14(11-24-26)17(27)23-10-13-5-6-22-15(9-13)25-7-3-4-8-25/h5-6,9,11-12H,3-4,7-8,10H2,1-2H3,(H,23,27). The number of pyridine rings is 1. The van der Waals surface area contributed by atoms with Crippen LogP contribution in [0.4, 0.5) is 19.0 Å². The third-order valence-electron chi connectivity index (χ3n) is 4.49. The van der Waals surface area contributed by atoms with Crippen molar-refractivity contribution in [1.29, 1.82) is 0 Å². The van der Waals surface area contributed by atoms with Crippen LogP contribution in [0.3, 0.4) is 0 Å². The summed E-state index contributed by atoms with van der Waals surface area (Å²) in [6, 6.07) is 3.09. The Hall–Kier alpha value is -2.58. The van der Waals surface area contributed by atoms with E-state index in [0.717, 1.165) is 48.2 Å². The lowest BCUT2D eigenvalue weighted by molar-refractivity contribution is -0.145. The summed E-state index contributed by atoms with van der Waals surface area (Å²) in [6.45, 7) is 5.16. The van der Waals surface area contributed by atoms with Gasteiger partial charge in [-0.3, -0.25) is 9.48 Å². The van der Waals surface area contributed by atoms with Gasteiger partial charge in [-0.1, -0.05) is 0 Å². The van der Waals surface area contributed by atoms with E-state index in [9.17, 15) is 18.0 Å². The number of halogens is 3. The Bertz CT molecular complexity index is 810. The van der Waals surface area contributed by atoms with Crippen molar-refractivity contribution < 1.29 is 18.0 Å². The number of carbonyl (C=O) groups is 1. The van der Waals surface area contributed by atoms with Gasteiger partial charge in [0.25, 0.3) is 5.91 Å². The lowest BCUT2D eigenvalue weighted by Gasteiger charge is -2.17. The van der Waals surface area contributed by atoms with E-state index in [4.69, 9.17) is 0 Å². The molecule has 1 saturated heterocycles. The molecule has 0 bridgehead atoms. The molecule has 1 aliphatic heterocycles. The summed E-state index contributed by atoms with van der Waals surface area (Å²) in [7, 11) is 0. The van der Waals surface area contributed by atoms with Gasteiger partial charge in [0, 0.05) is 31.9 Å². The monoisotopic (exact) mass is 381 g/mol. The maximum absolute atomic E-state index is 13.4. The summed E-state index contributed by atoms with van der Waals surface area (Å²) < 4.78 is 41.0. The molecule has 0 radical (unpaired) electrons. The van der Waals surface area contributed by atoms with Crippen LogP contribution in [0.5, 0.6) is 0 Å². The van der Waals surface area contributed by atoms with Gasteiger partial charge < -0.3 is 10.2 Å². The van der Waals surface area contributed by atoms with Crippen molar-refractivity contribution in [2.45, 2.75) is 45.5 Å². The minimum Gasteiger partial charge on any atom is -0.357 e. The molecule has 6 nitrogen and oxygen atoms in total. The molecular formula is C18H22F3N5O. The maximum atomic E-state index is 13.4. The normalized spacial score (nSPS) is 14.8. The van der Waals surface area contributed by atoms with E-state index >= 15 is 0 Å². The minimum atomic E-state index is -4.66. The van der Waals surface area contributed by atoms with E-state index in [1.807, 2.05) is 6.07 Å². The molecule has 0 aromatic carbocycles. The van der Waals surface area contributed by atoms with E-state index < -0.39 is 29.4 Å². The van der Waals surface area contributed by atoms with E-state index in [2.05, 4.69) is 20.3 Å². The molecule has 146 valence electrons. The summed E-state index contributed by atoms with van der Waals surface area (Å²) in [4.78, 5) is 18.9. The van der Waals surface area contributed by atoms with Crippen molar-refractivity contribution in [3.63, 3.8) is 0 Å². The van der Waals surface area contributed by atoms with Crippen LogP contribution in [-0.2, 0) is 12.7 Å². The molecule has 9 heteroatoms. The molecule has 27 heavy (non-hydrogen) atoms. The van der Waals surface area contributed by atoms with Crippen LogP contribution in [-0.4, -0.2) is 33.8 Å². The van der Waals surface area contributed by atoms with Crippen molar-refractivity contribution in [1.82, 2.24) is 20.1 Å². The third kappa shape index (κ3) is 4.23. The third-order valence-corrected chi connectivity index (χ3v) is 4.49. The van der Waals surface area contributed by atoms with Crippen molar-refractivity contribution in [3.05, 3.63) is 41.3 Å². The zero-order chi connectivity index (χ0) is 19.6. The molecule has 0 spiro atoms. The minimum absolute atomic E-state index is 0.117. The highest BCUT2D eigenvalue weighted by Gasteiger charge is 2.40. The predicted octanol–water partition coefficient (Wildman–Crippen LogP) is 3.41. The Morgan fingerprint density at radius 1 is 1.30 bits per heavy atom. The number of anilines is 1. The number of hydrogen-bond acceptors (Lipinski definition) is 4. The molecule has 2 aromatic rings. The van der Waals surface area contributed by atoms with Gasteiger partial charge in [0.05, 0.1) is 11.8 Å². The highest BCUT2D eigenvalue weighted by molar-refractivity contribution is 5.95. The number of hydrogen-bond donors (Lipinski definition) is 1. The van der Waals surface area contributed by atoms with Gasteiger partial charge in [0.1, 0.15) is 5.82 Å². The summed E-state index contributed by atoms with van der Waals surface area (Å²) in [5, 5.41) is 6.30. The van der Waals surface area contributed by atoms with Crippen molar-refractivity contribution in [2.24, 2.45) is 0 Å². The predicted molar refractivity (Wildman–Crippen MR) is 94.5 cm³/mol. The van der Waals surface area contributed by atoms with Crippen LogP contribution < -0.4 is 10.2 Å². The van der Waals surface area contributed by atoms with Crippen LogP contribution in [0.25, 0.3) is 0 Å². The topological polar surface area (TPSA) is 63.1 Å². The maximum Gasteiger partial charge on any atom is 0.433 e. The first kappa shape index (κ1) is 19.2. The molecule has 0 atom stereocenters. The van der Waals surface area contributed by atoms with Gasteiger partial charge >= 0.3 is 6.18 Å². The lowest BCUT2D eigenvalue weighted by atomic mass is 10.2. The Morgan fingerprint density at radius 2 is 2.00 bits per heavy atom. The molecule has 3 rings (SSSR count). The molecule has 1 aliphatic rings. The zero-order valence-corrected chi connectivity index (χ0v) is 15.3. The van der Waals surface area contributed by atoms with Gasteiger partial charge in [-0.25, -0.2) is 4.98 Å². The summed E-state index contributed by atoms with van der Waals surface area (Å²) in [5.74, 6) is 0.0246. The van der Waals surface area contributed by atoms with Gasteiger partial charge in [-0.2, -0.15) is 18.3 Å². The molecule has 2 aromatic heterocycles. The van der Waals surface area contributed by atoms with Crippen LogP contribution in [0.2, 0.25) is 0 Å². The average molecular weight is 381 g/mol. The van der Waals surface area contributed by atoms with Crippen molar-refractivity contribution >= 4 is 11.7 Å². The Morgan fingerprint density at radius 3 is 2.63 bits per heavy atom. The van der Waals surface area contributed by atoms with Crippen molar-refractivity contribution in [3.8, 4) is 0 Å². The van der Waals surface area contributed by atoms with Crippen LogP contribution in [0.1, 0.15) is 54.3 Å². The Kier molecular flexibility index (Phi) is 5.38. The van der Waals surface area contributed by atoms with Crippen LogP contribution >= 0.6 is 0 Å². The second-order valence-corrected chi connectivity index (χ2v) is 6.84. The molecule has 0 aliphatic carbocycles. The van der Waals surface area contributed by atoms with Crippen LogP contribution in [0, 0.1) is 0 Å². The largest absolute Gasteiger partial charge is 0.433 e. The first-order chi connectivity index (χ1) is 12.8. The smallest absolute Gasteiger partial charge is 0.357 e. The van der Waals surface area contributed by atoms with E-state index in [1.165, 1.54) is 0 Å². The number of rotatable bonds is 5. The fourth-order valence-electron chi connectivity index (χ4n) is 3.17. The average Bonchev–Trinajstić information content (AvgIpc) is 3.28.